The summed E-state index contributed by atoms with van der Waals surface area (Å²) in [7, 11) is 0. The summed E-state index contributed by atoms with van der Waals surface area (Å²) in [5.74, 6) is -1.58. The van der Waals surface area contributed by atoms with Crippen LogP contribution in [-0.4, -0.2) is 27.1 Å². The topological polar surface area (TPSA) is 81.6 Å². The summed E-state index contributed by atoms with van der Waals surface area (Å²) in [5, 5.41) is 9.85. The predicted molar refractivity (Wildman–Crippen MR) is 56.8 cm³/mol. The Morgan fingerprint density at radius 2 is 2.11 bits per heavy atom. The first-order valence-electron chi connectivity index (χ1n) is 5.04. The quantitative estimate of drug-likeness (QED) is 0.763. The zero-order chi connectivity index (χ0) is 13.3. The first kappa shape index (κ1) is 13.5. The van der Waals surface area contributed by atoms with Crippen molar-refractivity contribution < 1.29 is 27.4 Å². The van der Waals surface area contributed by atoms with Crippen LogP contribution in [-0.2, 0) is 28.1 Å². The molecule has 100 valence electrons. The van der Waals surface area contributed by atoms with Crippen molar-refractivity contribution in [2.75, 3.05) is 13.2 Å². The van der Waals surface area contributed by atoms with Crippen LogP contribution in [0.2, 0.25) is 0 Å². The number of ether oxygens (including phenoxy) is 1. The third-order valence-corrected chi connectivity index (χ3v) is 3.08. The summed E-state index contributed by atoms with van der Waals surface area (Å²) in [5.41, 5.74) is -1.82. The zero-order valence-corrected chi connectivity index (χ0v) is 9.93. The highest BCUT2D eigenvalue weighted by Crippen LogP contribution is 2.32. The van der Waals surface area contributed by atoms with E-state index >= 15 is 0 Å². The lowest BCUT2D eigenvalue weighted by molar-refractivity contribution is -0.186. The van der Waals surface area contributed by atoms with Gasteiger partial charge in [0, 0.05) is 28.9 Å². The van der Waals surface area contributed by atoms with Crippen LogP contribution in [0.15, 0.2) is 12.1 Å². The summed E-state index contributed by atoms with van der Waals surface area (Å²) in [4.78, 5) is 0. The van der Waals surface area contributed by atoms with Crippen molar-refractivity contribution in [2.45, 2.75) is 12.1 Å². The van der Waals surface area contributed by atoms with Crippen molar-refractivity contribution in [3.8, 4) is 0 Å². The highest BCUT2D eigenvalue weighted by atomic mass is 32.2. The van der Waals surface area contributed by atoms with Gasteiger partial charge in [-0.05, 0) is 12.1 Å². The second kappa shape index (κ2) is 4.98. The Labute approximate surface area is 104 Å². The minimum atomic E-state index is -2.55. The van der Waals surface area contributed by atoms with Gasteiger partial charge in [-0.2, -0.15) is 0 Å². The molecule has 0 amide bonds. The average molecular weight is 278 g/mol. The Kier molecular flexibility index (Phi) is 3.74. The fraction of sp³-hybridized carbons (Fsp3) is 0.400. The molecule has 1 fully saturated rings. The molecule has 8 heteroatoms. The molecular formula is C10H10F2NO4S-. The molecule has 1 atom stereocenters. The largest absolute Gasteiger partial charge is 0.760 e. The van der Waals surface area contributed by atoms with Crippen LogP contribution in [0, 0.1) is 11.6 Å². The number of benzene rings is 1. The molecule has 0 radical (unpaired) electrons. The lowest BCUT2D eigenvalue weighted by atomic mass is 9.90. The van der Waals surface area contributed by atoms with E-state index in [2.05, 4.69) is 0 Å². The molecule has 1 aromatic rings. The summed E-state index contributed by atoms with van der Waals surface area (Å²) in [6.45, 7) is -0.537. The van der Waals surface area contributed by atoms with Crippen LogP contribution in [0.25, 0.3) is 0 Å². The molecule has 1 heterocycles. The molecule has 2 N–H and O–H groups in total. The summed E-state index contributed by atoms with van der Waals surface area (Å²) < 4.78 is 54.6. The van der Waals surface area contributed by atoms with E-state index in [-0.39, 0.29) is 30.9 Å². The van der Waals surface area contributed by atoms with E-state index in [4.69, 9.17) is 4.74 Å². The summed E-state index contributed by atoms with van der Waals surface area (Å²) >= 11 is -2.55. The smallest absolute Gasteiger partial charge is 0.139 e. The van der Waals surface area contributed by atoms with Gasteiger partial charge >= 0.3 is 0 Å². The Morgan fingerprint density at radius 3 is 2.61 bits per heavy atom. The predicted octanol–water partition coefficient (Wildman–Crippen LogP) is 0.0663. The van der Waals surface area contributed by atoms with Gasteiger partial charge in [0.05, 0.1) is 13.2 Å². The fourth-order valence-corrected chi connectivity index (χ4v) is 1.94. The second-order valence-electron chi connectivity index (χ2n) is 4.00. The number of nitrogens with one attached hydrogen (secondary N) is 1. The van der Waals surface area contributed by atoms with E-state index in [0.29, 0.717) is 0 Å². The number of halogens is 2. The SMILES string of the molecule is O=S([O-])NCc1cc(F)c(C2(O)COC2)cc1F. The highest BCUT2D eigenvalue weighted by Gasteiger charge is 2.40. The van der Waals surface area contributed by atoms with Gasteiger partial charge in [0.2, 0.25) is 0 Å². The van der Waals surface area contributed by atoms with Crippen molar-refractivity contribution in [3.63, 3.8) is 0 Å². The fourth-order valence-electron chi connectivity index (χ4n) is 1.67. The maximum absolute atomic E-state index is 13.7. The monoisotopic (exact) mass is 278 g/mol. The highest BCUT2D eigenvalue weighted by molar-refractivity contribution is 7.77. The van der Waals surface area contributed by atoms with Crippen molar-refractivity contribution in [2.24, 2.45) is 0 Å². The molecule has 1 unspecified atom stereocenters. The minimum absolute atomic E-state index is 0.0917. The van der Waals surface area contributed by atoms with Gasteiger partial charge in [-0.15, -0.1) is 0 Å². The lowest BCUT2D eigenvalue weighted by Gasteiger charge is -2.37. The average Bonchev–Trinajstić information content (AvgIpc) is 2.26. The van der Waals surface area contributed by atoms with Crippen LogP contribution >= 0.6 is 0 Å². The van der Waals surface area contributed by atoms with E-state index in [1.807, 2.05) is 4.72 Å². The van der Waals surface area contributed by atoms with Crippen molar-refractivity contribution in [3.05, 3.63) is 34.9 Å². The molecule has 2 rings (SSSR count). The molecule has 1 saturated heterocycles. The van der Waals surface area contributed by atoms with Crippen LogP contribution in [0.4, 0.5) is 8.78 Å². The van der Waals surface area contributed by atoms with Gasteiger partial charge in [-0.1, -0.05) is 0 Å². The van der Waals surface area contributed by atoms with Gasteiger partial charge in [0.1, 0.15) is 17.2 Å². The molecule has 18 heavy (non-hydrogen) atoms. The second-order valence-corrected chi connectivity index (χ2v) is 4.76. The van der Waals surface area contributed by atoms with Crippen LogP contribution < -0.4 is 4.72 Å². The van der Waals surface area contributed by atoms with Crippen molar-refractivity contribution in [1.82, 2.24) is 4.72 Å². The normalized spacial score (nSPS) is 19.3. The Morgan fingerprint density at radius 1 is 1.44 bits per heavy atom. The van der Waals surface area contributed by atoms with Crippen molar-refractivity contribution >= 4 is 11.3 Å². The van der Waals surface area contributed by atoms with Crippen molar-refractivity contribution in [1.29, 1.82) is 0 Å². The Bertz CT molecular complexity index is 493. The summed E-state index contributed by atoms with van der Waals surface area (Å²) in [6, 6.07) is 1.73. The van der Waals surface area contributed by atoms with Crippen LogP contribution in [0.1, 0.15) is 11.1 Å². The zero-order valence-electron chi connectivity index (χ0n) is 9.11. The number of hydrogen-bond acceptors (Lipinski definition) is 4. The molecule has 0 aliphatic carbocycles. The maximum atomic E-state index is 13.7. The molecule has 0 aromatic heterocycles. The molecule has 0 saturated carbocycles. The number of rotatable bonds is 4. The van der Waals surface area contributed by atoms with E-state index in [1.54, 1.807) is 0 Å². The van der Waals surface area contributed by atoms with Gasteiger partial charge < -0.3 is 14.4 Å². The van der Waals surface area contributed by atoms with E-state index in [0.717, 1.165) is 12.1 Å². The molecular weight excluding hydrogens is 268 g/mol. The van der Waals surface area contributed by atoms with Crippen LogP contribution in [0.3, 0.4) is 0 Å². The number of aliphatic hydroxyl groups is 1. The minimum Gasteiger partial charge on any atom is -0.760 e. The molecule has 1 aliphatic heterocycles. The molecule has 0 spiro atoms. The van der Waals surface area contributed by atoms with E-state index in [1.165, 1.54) is 0 Å². The summed E-state index contributed by atoms with van der Waals surface area (Å²) in [6.07, 6.45) is 0. The number of hydrogen-bond donors (Lipinski definition) is 2. The van der Waals surface area contributed by atoms with E-state index in [9.17, 15) is 22.6 Å². The van der Waals surface area contributed by atoms with Gasteiger partial charge in [0.15, 0.2) is 0 Å². The molecule has 1 aromatic carbocycles. The first-order chi connectivity index (χ1) is 8.42. The lowest BCUT2D eigenvalue weighted by Crippen LogP contribution is -2.47. The van der Waals surface area contributed by atoms with Gasteiger partial charge in [-0.3, -0.25) is 4.21 Å². The van der Waals surface area contributed by atoms with Gasteiger partial charge in [0.25, 0.3) is 0 Å². The van der Waals surface area contributed by atoms with Gasteiger partial charge in [-0.25, -0.2) is 13.5 Å². The Balaban J connectivity index is 2.26. The molecule has 0 bridgehead atoms. The maximum Gasteiger partial charge on any atom is 0.139 e. The molecule has 5 nitrogen and oxygen atoms in total. The van der Waals surface area contributed by atoms with E-state index < -0.39 is 28.5 Å². The third-order valence-electron chi connectivity index (χ3n) is 2.70. The standard InChI is InChI=1S/C10H11F2NO4S/c11-8-2-7(10(14)4-17-5-10)9(12)1-6(8)3-13-18(15)16/h1-2,13-14H,3-5H2,(H,15,16)/p-1. The van der Waals surface area contributed by atoms with Crippen LogP contribution in [0.5, 0.6) is 0 Å². The Hall–Kier alpha value is -0.930. The first-order valence-corrected chi connectivity index (χ1v) is 6.11. The third kappa shape index (κ3) is 2.57. The molecule has 1 aliphatic rings.